The number of aromatic nitrogens is 2. The Balaban J connectivity index is 1.58. The van der Waals surface area contributed by atoms with E-state index in [1.807, 2.05) is 6.07 Å². The van der Waals surface area contributed by atoms with E-state index in [1.165, 1.54) is 23.2 Å². The highest BCUT2D eigenvalue weighted by Crippen LogP contribution is 2.50. The van der Waals surface area contributed by atoms with E-state index in [9.17, 15) is 36.8 Å². The van der Waals surface area contributed by atoms with Crippen LogP contribution in [0.15, 0.2) is 48.7 Å². The molecule has 1 unspecified atom stereocenters. The minimum absolute atomic E-state index is 0.00823. The maximum absolute atomic E-state index is 14.4. The molecule has 3 amide bonds. The van der Waals surface area contributed by atoms with Crippen molar-refractivity contribution in [2.24, 2.45) is 0 Å². The van der Waals surface area contributed by atoms with Gasteiger partial charge in [0.2, 0.25) is 0 Å². The molecule has 6 rings (SSSR count). The standard InChI is InChI=1S/C28H16ClF5N6O2/c29-20-2-1-14(30)8-18(20)24-23-21(37-26(41)12-5-13(28(32,33)34)7-15(31)6-12)9-17(19-11-36-39-22(19)10-35)16-3-4-40(25(16)23)27(42)38-24/h1-2,5-9,11,24H,3-4H2,(H,36,39)(H,37,41)(H,38,42). The number of alkyl halides is 3. The van der Waals surface area contributed by atoms with E-state index in [2.05, 4.69) is 20.8 Å². The van der Waals surface area contributed by atoms with Crippen molar-refractivity contribution in [1.29, 1.82) is 5.26 Å². The number of rotatable bonds is 4. The number of nitriles is 1. The highest BCUT2D eigenvalue weighted by molar-refractivity contribution is 6.31. The lowest BCUT2D eigenvalue weighted by Crippen LogP contribution is -2.46. The predicted molar refractivity (Wildman–Crippen MR) is 141 cm³/mol. The lowest BCUT2D eigenvalue weighted by molar-refractivity contribution is -0.137. The summed E-state index contributed by atoms with van der Waals surface area (Å²) in [5.41, 5.74) is 0.318. The largest absolute Gasteiger partial charge is 0.416 e. The molecule has 212 valence electrons. The van der Waals surface area contributed by atoms with Crippen LogP contribution in [-0.2, 0) is 12.6 Å². The summed E-state index contributed by atoms with van der Waals surface area (Å²) in [6.45, 7) is 0.223. The fraction of sp³-hybridized carbons (Fsp3) is 0.143. The van der Waals surface area contributed by atoms with Gasteiger partial charge in [-0.2, -0.15) is 23.5 Å². The first-order chi connectivity index (χ1) is 20.0. The molecule has 3 N–H and O–H groups in total. The molecule has 3 heterocycles. The molecular weight excluding hydrogens is 583 g/mol. The van der Waals surface area contributed by atoms with E-state index in [-0.39, 0.29) is 40.1 Å². The second-order valence-electron chi connectivity index (χ2n) is 9.61. The molecule has 4 aromatic rings. The van der Waals surface area contributed by atoms with Gasteiger partial charge in [0, 0.05) is 39.5 Å². The number of carbonyl (C=O) groups excluding carboxylic acids is 2. The van der Waals surface area contributed by atoms with Gasteiger partial charge in [-0.05, 0) is 60.0 Å². The lowest BCUT2D eigenvalue weighted by Gasteiger charge is -2.35. The van der Waals surface area contributed by atoms with Crippen molar-refractivity contribution < 1.29 is 31.5 Å². The van der Waals surface area contributed by atoms with E-state index in [0.717, 1.165) is 12.1 Å². The van der Waals surface area contributed by atoms with Crippen LogP contribution in [0.3, 0.4) is 0 Å². The van der Waals surface area contributed by atoms with Gasteiger partial charge in [0.15, 0.2) is 0 Å². The molecule has 0 fully saturated rings. The van der Waals surface area contributed by atoms with Gasteiger partial charge in [0.1, 0.15) is 23.4 Å². The third-order valence-corrected chi connectivity index (χ3v) is 7.49. The van der Waals surface area contributed by atoms with Crippen molar-refractivity contribution in [3.63, 3.8) is 0 Å². The fourth-order valence-corrected chi connectivity index (χ4v) is 5.59. The fourth-order valence-electron chi connectivity index (χ4n) is 5.36. The van der Waals surface area contributed by atoms with Crippen LogP contribution >= 0.6 is 11.6 Å². The lowest BCUT2D eigenvalue weighted by atomic mass is 9.87. The first kappa shape index (κ1) is 27.2. The first-order valence-electron chi connectivity index (χ1n) is 12.3. The molecule has 1 atom stereocenters. The number of anilines is 2. The SMILES string of the molecule is N#Cc1[nH]ncc1-c1cc(NC(=O)c2cc(F)cc(C(F)(F)F)c2)c2c3c1CCN3C(=O)NC2c1cc(F)ccc1Cl. The van der Waals surface area contributed by atoms with Crippen molar-refractivity contribution >= 4 is 34.9 Å². The maximum Gasteiger partial charge on any atom is 0.416 e. The van der Waals surface area contributed by atoms with E-state index >= 15 is 0 Å². The van der Waals surface area contributed by atoms with Gasteiger partial charge < -0.3 is 10.6 Å². The smallest absolute Gasteiger partial charge is 0.327 e. The van der Waals surface area contributed by atoms with Crippen LogP contribution in [0.5, 0.6) is 0 Å². The predicted octanol–water partition coefficient (Wildman–Crippen LogP) is 6.33. The molecular formula is C28H16ClF5N6O2. The average molecular weight is 599 g/mol. The summed E-state index contributed by atoms with van der Waals surface area (Å²) in [6, 6.07) is 6.83. The second-order valence-corrected chi connectivity index (χ2v) is 10.0. The molecule has 42 heavy (non-hydrogen) atoms. The molecule has 2 aliphatic rings. The van der Waals surface area contributed by atoms with Crippen LogP contribution in [0, 0.1) is 23.0 Å². The molecule has 0 spiro atoms. The molecule has 1 aromatic heterocycles. The van der Waals surface area contributed by atoms with Crippen molar-refractivity contribution in [3.8, 4) is 17.2 Å². The Morgan fingerprint density at radius 2 is 1.90 bits per heavy atom. The molecule has 8 nitrogen and oxygen atoms in total. The molecule has 0 bridgehead atoms. The van der Waals surface area contributed by atoms with Gasteiger partial charge in [0.25, 0.3) is 5.91 Å². The van der Waals surface area contributed by atoms with Crippen LogP contribution in [0.25, 0.3) is 11.1 Å². The number of H-pyrrole nitrogens is 1. The van der Waals surface area contributed by atoms with Crippen LogP contribution < -0.4 is 15.5 Å². The summed E-state index contributed by atoms with van der Waals surface area (Å²) in [7, 11) is 0. The molecule has 0 saturated carbocycles. The molecule has 14 heteroatoms. The molecule has 3 aromatic carbocycles. The summed E-state index contributed by atoms with van der Waals surface area (Å²) < 4.78 is 68.6. The quantitative estimate of drug-likeness (QED) is 0.238. The van der Waals surface area contributed by atoms with Crippen LogP contribution in [0.2, 0.25) is 5.02 Å². The van der Waals surface area contributed by atoms with Crippen molar-refractivity contribution in [2.75, 3.05) is 16.8 Å². The number of carbonyl (C=O) groups is 2. The van der Waals surface area contributed by atoms with Gasteiger partial charge in [-0.15, -0.1) is 0 Å². The van der Waals surface area contributed by atoms with E-state index in [4.69, 9.17) is 11.6 Å². The van der Waals surface area contributed by atoms with E-state index in [1.54, 1.807) is 0 Å². The Hall–Kier alpha value is -4.96. The Kier molecular flexibility index (Phi) is 6.38. The maximum atomic E-state index is 14.4. The van der Waals surface area contributed by atoms with Crippen molar-refractivity contribution in [1.82, 2.24) is 15.5 Å². The highest BCUT2D eigenvalue weighted by Gasteiger charge is 2.41. The van der Waals surface area contributed by atoms with Crippen LogP contribution in [-0.4, -0.2) is 28.7 Å². The monoisotopic (exact) mass is 598 g/mol. The van der Waals surface area contributed by atoms with Crippen LogP contribution in [0.4, 0.5) is 38.1 Å². The van der Waals surface area contributed by atoms with Crippen molar-refractivity contribution in [3.05, 3.63) is 98.8 Å². The zero-order chi connectivity index (χ0) is 29.9. The minimum atomic E-state index is -4.91. The first-order valence-corrected chi connectivity index (χ1v) is 12.7. The molecule has 0 aliphatic carbocycles. The highest BCUT2D eigenvalue weighted by atomic mass is 35.5. The summed E-state index contributed by atoms with van der Waals surface area (Å²) in [5, 5.41) is 21.5. The number of nitrogens with zero attached hydrogens (tertiary/aromatic N) is 3. The summed E-state index contributed by atoms with van der Waals surface area (Å²) in [4.78, 5) is 28.0. The Morgan fingerprint density at radius 1 is 1.12 bits per heavy atom. The summed E-state index contributed by atoms with van der Waals surface area (Å²) in [6.07, 6.45) is -3.18. The number of hydrogen-bond acceptors (Lipinski definition) is 4. The summed E-state index contributed by atoms with van der Waals surface area (Å²) in [5.74, 6) is -3.01. The van der Waals surface area contributed by atoms with Gasteiger partial charge >= 0.3 is 12.2 Å². The zero-order valence-electron chi connectivity index (χ0n) is 21.0. The van der Waals surface area contributed by atoms with Gasteiger partial charge in [-0.25, -0.2) is 13.6 Å². The Morgan fingerprint density at radius 3 is 2.64 bits per heavy atom. The summed E-state index contributed by atoms with van der Waals surface area (Å²) >= 11 is 6.40. The number of benzene rings is 3. The number of aromatic amines is 1. The molecule has 2 aliphatic heterocycles. The van der Waals surface area contributed by atoms with Gasteiger partial charge in [-0.1, -0.05) is 11.6 Å². The number of urea groups is 1. The molecule has 0 saturated heterocycles. The normalized spacial score (nSPS) is 15.7. The van der Waals surface area contributed by atoms with Crippen LogP contribution in [0.1, 0.15) is 44.3 Å². The average Bonchev–Trinajstić information content (AvgIpc) is 3.60. The topological polar surface area (TPSA) is 114 Å². The van der Waals surface area contributed by atoms with Gasteiger partial charge in [-0.3, -0.25) is 14.8 Å². The third kappa shape index (κ3) is 4.50. The number of nitrogens with one attached hydrogen (secondary N) is 3. The zero-order valence-corrected chi connectivity index (χ0v) is 21.8. The number of halogens is 6. The van der Waals surface area contributed by atoms with E-state index in [0.29, 0.717) is 40.9 Å². The Bertz CT molecular complexity index is 1850. The molecule has 0 radical (unpaired) electrons. The van der Waals surface area contributed by atoms with Crippen molar-refractivity contribution in [2.45, 2.75) is 18.6 Å². The third-order valence-electron chi connectivity index (χ3n) is 7.15. The Labute approximate surface area is 238 Å². The second kappa shape index (κ2) is 9.85. The number of hydrogen-bond donors (Lipinski definition) is 3. The number of amides is 3. The van der Waals surface area contributed by atoms with E-state index < -0.39 is 46.9 Å². The van der Waals surface area contributed by atoms with Gasteiger partial charge in [0.05, 0.1) is 23.5 Å². The minimum Gasteiger partial charge on any atom is -0.327 e.